The zero-order chi connectivity index (χ0) is 27.9. The van der Waals surface area contributed by atoms with Gasteiger partial charge in [0.1, 0.15) is 17.2 Å². The molecule has 0 aliphatic rings. The molecule has 9 nitrogen and oxygen atoms in total. The Kier molecular flexibility index (Phi) is 9.88. The van der Waals surface area contributed by atoms with Crippen molar-refractivity contribution in [2.75, 3.05) is 34.0 Å². The van der Waals surface area contributed by atoms with Gasteiger partial charge in [-0.25, -0.2) is 4.79 Å². The molecule has 9 heteroatoms. The number of hydrogen-bond acceptors (Lipinski definition) is 8. The second-order valence-electron chi connectivity index (χ2n) is 9.81. The van der Waals surface area contributed by atoms with E-state index in [4.69, 9.17) is 24.0 Å². The Hall–Kier alpha value is -3.43. The highest BCUT2D eigenvalue weighted by Gasteiger charge is 2.32. The maximum Gasteiger partial charge on any atom is 0.349 e. The molecule has 0 aliphatic carbocycles. The van der Waals surface area contributed by atoms with E-state index in [1.807, 2.05) is 45.0 Å². The first-order valence-electron chi connectivity index (χ1n) is 12.8. The number of nitrogens with zero attached hydrogens (tertiary/aromatic N) is 4. The van der Waals surface area contributed by atoms with E-state index in [1.54, 1.807) is 39.8 Å². The molecule has 0 saturated carbocycles. The van der Waals surface area contributed by atoms with Crippen LogP contribution in [-0.2, 0) is 27.4 Å². The van der Waals surface area contributed by atoms with Gasteiger partial charge in [0.2, 0.25) is 0 Å². The molecule has 0 fully saturated rings. The summed E-state index contributed by atoms with van der Waals surface area (Å²) in [5, 5.41) is 9.40. The maximum absolute atomic E-state index is 12.3. The minimum absolute atomic E-state index is 0.313. The molecule has 2 aromatic carbocycles. The van der Waals surface area contributed by atoms with Crippen LogP contribution in [-0.4, -0.2) is 65.4 Å². The first kappa shape index (κ1) is 29.1. The lowest BCUT2D eigenvalue weighted by atomic mass is 10.0. The second-order valence-corrected chi connectivity index (χ2v) is 9.81. The number of carbonyl (C=O) groups excluding carboxylic acids is 1. The van der Waals surface area contributed by atoms with Gasteiger partial charge in [-0.2, -0.15) is 15.0 Å². The Morgan fingerprint density at radius 2 is 1.66 bits per heavy atom. The van der Waals surface area contributed by atoms with Gasteiger partial charge in [-0.3, -0.25) is 4.90 Å². The highest BCUT2D eigenvalue weighted by atomic mass is 16.6. The molecule has 0 radical (unpaired) electrons. The van der Waals surface area contributed by atoms with Gasteiger partial charge < -0.3 is 18.9 Å². The van der Waals surface area contributed by atoms with Crippen molar-refractivity contribution in [1.82, 2.24) is 19.9 Å². The van der Waals surface area contributed by atoms with Gasteiger partial charge in [-0.05, 0) is 82.5 Å². The monoisotopic (exact) mass is 524 g/mol. The van der Waals surface area contributed by atoms with E-state index in [1.165, 1.54) is 0 Å². The molecule has 0 aliphatic heterocycles. The van der Waals surface area contributed by atoms with Crippen LogP contribution in [0.25, 0.3) is 5.69 Å². The van der Waals surface area contributed by atoms with Crippen LogP contribution in [0.5, 0.6) is 11.5 Å². The second kappa shape index (κ2) is 12.9. The van der Waals surface area contributed by atoms with E-state index in [-0.39, 0.29) is 5.97 Å². The van der Waals surface area contributed by atoms with Crippen molar-refractivity contribution in [2.45, 2.75) is 60.2 Å². The van der Waals surface area contributed by atoms with Crippen molar-refractivity contribution < 1.29 is 23.7 Å². The molecule has 0 amide bonds. The van der Waals surface area contributed by atoms with Gasteiger partial charge in [0.25, 0.3) is 0 Å². The van der Waals surface area contributed by atoms with Crippen molar-refractivity contribution in [3.8, 4) is 17.2 Å². The standard InChI is InChI=1S/C29H40N4O5/c1-9-37-28(34)29(5,6)38-27-20(2)16-23(17-21(27)3)18-32(14-15-35-7)19-26-22(4)30-33(31-26)24-10-12-25(36-8)13-11-24/h10-13,16-17H,9,14-15,18-19H2,1-8H3. The van der Waals surface area contributed by atoms with E-state index in [0.29, 0.717) is 32.1 Å². The van der Waals surface area contributed by atoms with E-state index >= 15 is 0 Å². The van der Waals surface area contributed by atoms with Crippen molar-refractivity contribution in [3.63, 3.8) is 0 Å². The van der Waals surface area contributed by atoms with Crippen LogP contribution in [0.3, 0.4) is 0 Å². The zero-order valence-electron chi connectivity index (χ0n) is 23.8. The largest absolute Gasteiger partial charge is 0.497 e. The summed E-state index contributed by atoms with van der Waals surface area (Å²) in [5.41, 5.74) is 4.64. The van der Waals surface area contributed by atoms with Gasteiger partial charge in [-0.15, -0.1) is 0 Å². The molecular formula is C29H40N4O5. The van der Waals surface area contributed by atoms with Gasteiger partial charge in [0.15, 0.2) is 5.60 Å². The number of hydrogen-bond donors (Lipinski definition) is 0. The fourth-order valence-electron chi connectivity index (χ4n) is 4.18. The summed E-state index contributed by atoms with van der Waals surface area (Å²) in [4.78, 5) is 16.3. The fraction of sp³-hybridized carbons (Fsp3) is 0.483. The third-order valence-corrected chi connectivity index (χ3v) is 6.22. The number of aryl methyl sites for hydroxylation is 3. The van der Waals surface area contributed by atoms with Crippen LogP contribution >= 0.6 is 0 Å². The molecule has 0 bridgehead atoms. The lowest BCUT2D eigenvalue weighted by molar-refractivity contribution is -0.158. The third kappa shape index (κ3) is 7.33. The number of benzene rings is 2. The van der Waals surface area contributed by atoms with Gasteiger partial charge >= 0.3 is 5.97 Å². The highest BCUT2D eigenvalue weighted by molar-refractivity contribution is 5.79. The number of esters is 1. The summed E-state index contributed by atoms with van der Waals surface area (Å²) in [6, 6.07) is 11.9. The van der Waals surface area contributed by atoms with Crippen molar-refractivity contribution in [2.24, 2.45) is 0 Å². The van der Waals surface area contributed by atoms with Crippen molar-refractivity contribution in [3.05, 3.63) is 64.5 Å². The molecule has 3 rings (SSSR count). The van der Waals surface area contributed by atoms with Crippen molar-refractivity contribution >= 4 is 5.97 Å². The number of ether oxygens (including phenoxy) is 4. The number of methoxy groups -OCH3 is 2. The van der Waals surface area contributed by atoms with Gasteiger partial charge in [0.05, 0.1) is 31.7 Å². The zero-order valence-corrected chi connectivity index (χ0v) is 23.8. The molecule has 1 aromatic heterocycles. The molecule has 0 saturated heterocycles. The molecule has 0 unspecified atom stereocenters. The Labute approximate surface area is 225 Å². The lowest BCUT2D eigenvalue weighted by Crippen LogP contribution is -2.40. The Morgan fingerprint density at radius 1 is 1.00 bits per heavy atom. The van der Waals surface area contributed by atoms with Gasteiger partial charge in [-0.1, -0.05) is 12.1 Å². The summed E-state index contributed by atoms with van der Waals surface area (Å²) in [7, 11) is 3.35. The molecule has 206 valence electrons. The fourth-order valence-corrected chi connectivity index (χ4v) is 4.18. The lowest BCUT2D eigenvalue weighted by Gasteiger charge is -2.27. The van der Waals surface area contributed by atoms with Crippen LogP contribution in [0.1, 0.15) is 48.8 Å². The molecule has 0 atom stereocenters. The Balaban J connectivity index is 1.79. The summed E-state index contributed by atoms with van der Waals surface area (Å²) in [5.74, 6) is 1.11. The number of rotatable bonds is 13. The topological polar surface area (TPSA) is 87.9 Å². The molecule has 0 N–H and O–H groups in total. The number of carbonyl (C=O) groups is 1. The predicted octanol–water partition coefficient (Wildman–Crippen LogP) is 4.57. The average Bonchev–Trinajstić information content (AvgIpc) is 3.24. The quantitative estimate of drug-likeness (QED) is 0.301. The van der Waals surface area contributed by atoms with E-state index in [9.17, 15) is 4.79 Å². The normalized spacial score (nSPS) is 11.6. The van der Waals surface area contributed by atoms with Gasteiger partial charge in [0, 0.05) is 26.7 Å². The SMILES string of the molecule is CCOC(=O)C(C)(C)Oc1c(C)cc(CN(CCOC)Cc2nn(-c3ccc(OC)cc3)nc2C)cc1C. The summed E-state index contributed by atoms with van der Waals surface area (Å²) >= 11 is 0. The van der Waals surface area contributed by atoms with E-state index in [0.717, 1.165) is 46.1 Å². The third-order valence-electron chi connectivity index (χ3n) is 6.22. The average molecular weight is 525 g/mol. The van der Waals surface area contributed by atoms with Crippen LogP contribution in [0.2, 0.25) is 0 Å². The summed E-state index contributed by atoms with van der Waals surface area (Å²) < 4.78 is 21.9. The summed E-state index contributed by atoms with van der Waals surface area (Å²) in [6.07, 6.45) is 0. The number of aromatic nitrogens is 3. The maximum atomic E-state index is 12.3. The Bertz CT molecular complexity index is 1200. The smallest absolute Gasteiger partial charge is 0.349 e. The van der Waals surface area contributed by atoms with Crippen LogP contribution in [0.4, 0.5) is 0 Å². The predicted molar refractivity (Wildman–Crippen MR) is 146 cm³/mol. The summed E-state index contributed by atoms with van der Waals surface area (Å²) in [6.45, 7) is 14.2. The molecule has 38 heavy (non-hydrogen) atoms. The first-order valence-corrected chi connectivity index (χ1v) is 12.8. The molecule has 0 spiro atoms. The minimum atomic E-state index is -1.08. The van der Waals surface area contributed by atoms with Crippen molar-refractivity contribution in [1.29, 1.82) is 0 Å². The minimum Gasteiger partial charge on any atom is -0.497 e. The Morgan fingerprint density at radius 3 is 2.24 bits per heavy atom. The molecule has 1 heterocycles. The van der Waals surface area contributed by atoms with E-state index in [2.05, 4.69) is 22.1 Å². The highest BCUT2D eigenvalue weighted by Crippen LogP contribution is 2.30. The van der Waals surface area contributed by atoms with Crippen LogP contribution < -0.4 is 9.47 Å². The van der Waals surface area contributed by atoms with Crippen LogP contribution in [0, 0.1) is 20.8 Å². The molecule has 3 aromatic rings. The van der Waals surface area contributed by atoms with E-state index < -0.39 is 5.60 Å². The first-order chi connectivity index (χ1) is 18.1. The van der Waals surface area contributed by atoms with Crippen LogP contribution in [0.15, 0.2) is 36.4 Å². The molecular weight excluding hydrogens is 484 g/mol.